The van der Waals surface area contributed by atoms with Gasteiger partial charge in [-0.3, -0.25) is 4.79 Å². The van der Waals surface area contributed by atoms with Crippen LogP contribution in [0.25, 0.3) is 11.8 Å². The number of ketones is 1. The first kappa shape index (κ1) is 17.9. The summed E-state index contributed by atoms with van der Waals surface area (Å²) in [6.07, 6.45) is 2.38. The summed E-state index contributed by atoms with van der Waals surface area (Å²) in [5, 5.41) is 4.43. The molecule has 0 aliphatic rings. The second-order valence-corrected chi connectivity index (χ2v) is 5.83. The third-order valence-corrected chi connectivity index (χ3v) is 4.09. The summed E-state index contributed by atoms with van der Waals surface area (Å²) in [6, 6.07) is 8.73. The lowest BCUT2D eigenvalue weighted by atomic mass is 10.1. The van der Waals surface area contributed by atoms with Gasteiger partial charge in [0, 0.05) is 5.56 Å². The minimum Gasteiger partial charge on any atom is -0.289 e. The predicted octanol–water partition coefficient (Wildman–Crippen LogP) is 5.15. The van der Waals surface area contributed by atoms with E-state index in [-0.39, 0.29) is 5.15 Å². The van der Waals surface area contributed by atoms with Crippen molar-refractivity contribution in [3.8, 4) is 5.69 Å². The number of carbonyl (C=O) groups is 1. The molecule has 0 atom stereocenters. The third kappa shape index (κ3) is 3.41. The Morgan fingerprint density at radius 2 is 1.69 bits per heavy atom. The van der Waals surface area contributed by atoms with Gasteiger partial charge < -0.3 is 0 Å². The minimum atomic E-state index is -0.940. The molecule has 0 aliphatic heterocycles. The molecule has 0 aliphatic carbocycles. The van der Waals surface area contributed by atoms with Crippen molar-refractivity contribution in [2.24, 2.45) is 0 Å². The molecule has 0 saturated heterocycles. The first-order chi connectivity index (χ1) is 12.4. The van der Waals surface area contributed by atoms with Gasteiger partial charge in [0.05, 0.1) is 16.9 Å². The third-order valence-electron chi connectivity index (χ3n) is 3.73. The molecule has 3 aromatic rings. The Hall–Kier alpha value is -2.86. The lowest BCUT2D eigenvalue weighted by Gasteiger charge is -2.02. The lowest BCUT2D eigenvalue weighted by Crippen LogP contribution is -2.02. The first-order valence-electron chi connectivity index (χ1n) is 7.56. The number of halogens is 4. The van der Waals surface area contributed by atoms with Gasteiger partial charge in [0.25, 0.3) is 0 Å². The van der Waals surface area contributed by atoms with Crippen LogP contribution in [0.15, 0.2) is 48.5 Å². The molecule has 0 amide bonds. The Morgan fingerprint density at radius 3 is 2.31 bits per heavy atom. The van der Waals surface area contributed by atoms with Gasteiger partial charge in [-0.25, -0.2) is 17.9 Å². The molecule has 2 aromatic carbocycles. The fourth-order valence-corrected chi connectivity index (χ4v) is 2.76. The van der Waals surface area contributed by atoms with Crippen molar-refractivity contribution in [1.82, 2.24) is 9.78 Å². The highest BCUT2D eigenvalue weighted by Crippen LogP contribution is 2.25. The molecule has 0 bridgehead atoms. The van der Waals surface area contributed by atoms with E-state index in [9.17, 15) is 18.0 Å². The standard InChI is InChI=1S/C19H12ClF3N2O/c1-11-14(9-10-17(26)18-15(22)3-2-4-16(18)23)19(20)25(24-11)13-7-5-12(21)6-8-13/h2-10H,1H3/b10-9+. The summed E-state index contributed by atoms with van der Waals surface area (Å²) in [5.41, 5.74) is 0.813. The van der Waals surface area contributed by atoms with Crippen molar-refractivity contribution in [2.45, 2.75) is 6.92 Å². The quantitative estimate of drug-likeness (QED) is 0.466. The fourth-order valence-electron chi connectivity index (χ4n) is 2.43. The van der Waals surface area contributed by atoms with Crippen LogP contribution in [0, 0.1) is 24.4 Å². The van der Waals surface area contributed by atoms with E-state index in [1.165, 1.54) is 41.1 Å². The molecular formula is C19H12ClF3N2O. The van der Waals surface area contributed by atoms with Gasteiger partial charge in [0.2, 0.25) is 0 Å². The number of allylic oxidation sites excluding steroid dienone is 1. The Morgan fingerprint density at radius 1 is 1.08 bits per heavy atom. The molecule has 0 radical (unpaired) electrons. The molecule has 1 heterocycles. The van der Waals surface area contributed by atoms with Crippen LogP contribution in [0.3, 0.4) is 0 Å². The SMILES string of the molecule is Cc1nn(-c2ccc(F)cc2)c(Cl)c1/C=C/C(=O)c1c(F)cccc1F. The number of benzene rings is 2. The van der Waals surface area contributed by atoms with Crippen molar-refractivity contribution >= 4 is 23.5 Å². The van der Waals surface area contributed by atoms with Gasteiger partial charge in [-0.1, -0.05) is 17.7 Å². The highest BCUT2D eigenvalue weighted by Gasteiger charge is 2.16. The Kier molecular flexibility index (Phi) is 4.95. The average Bonchev–Trinajstić information content (AvgIpc) is 2.88. The maximum absolute atomic E-state index is 13.7. The maximum Gasteiger partial charge on any atom is 0.191 e. The molecular weight excluding hydrogens is 365 g/mol. The molecule has 1 aromatic heterocycles. The normalized spacial score (nSPS) is 11.3. The molecule has 132 valence electrons. The maximum atomic E-state index is 13.7. The summed E-state index contributed by atoms with van der Waals surface area (Å²) in [6.45, 7) is 1.67. The van der Waals surface area contributed by atoms with Crippen LogP contribution in [0.5, 0.6) is 0 Å². The van der Waals surface area contributed by atoms with Crippen molar-refractivity contribution in [2.75, 3.05) is 0 Å². The van der Waals surface area contributed by atoms with Crippen LogP contribution >= 0.6 is 11.6 Å². The summed E-state index contributed by atoms with van der Waals surface area (Å²) >= 11 is 6.29. The number of nitrogens with zero attached hydrogens (tertiary/aromatic N) is 2. The highest BCUT2D eigenvalue weighted by atomic mass is 35.5. The van der Waals surface area contributed by atoms with E-state index < -0.39 is 28.8 Å². The monoisotopic (exact) mass is 376 g/mol. The Balaban J connectivity index is 1.94. The largest absolute Gasteiger partial charge is 0.289 e. The van der Waals surface area contributed by atoms with Gasteiger partial charge in [0.1, 0.15) is 22.6 Å². The smallest absolute Gasteiger partial charge is 0.191 e. The van der Waals surface area contributed by atoms with Crippen LogP contribution in [-0.2, 0) is 0 Å². The second-order valence-electron chi connectivity index (χ2n) is 5.47. The molecule has 7 heteroatoms. The van der Waals surface area contributed by atoms with E-state index in [0.717, 1.165) is 18.2 Å². The van der Waals surface area contributed by atoms with Crippen LogP contribution < -0.4 is 0 Å². The van der Waals surface area contributed by atoms with E-state index in [0.29, 0.717) is 16.9 Å². The molecule has 26 heavy (non-hydrogen) atoms. The summed E-state index contributed by atoms with van der Waals surface area (Å²) in [7, 11) is 0. The molecule has 0 N–H and O–H groups in total. The number of hydrogen-bond acceptors (Lipinski definition) is 2. The number of rotatable bonds is 4. The van der Waals surface area contributed by atoms with Crippen molar-refractivity contribution in [1.29, 1.82) is 0 Å². The summed E-state index contributed by atoms with van der Waals surface area (Å²) in [4.78, 5) is 12.1. The average molecular weight is 377 g/mol. The van der Waals surface area contributed by atoms with E-state index in [1.54, 1.807) is 6.92 Å². The molecule has 0 saturated carbocycles. The van der Waals surface area contributed by atoms with Gasteiger partial charge in [-0.05, 0) is 55.5 Å². The van der Waals surface area contributed by atoms with Crippen molar-refractivity contribution in [3.05, 3.63) is 88.0 Å². The van der Waals surface area contributed by atoms with E-state index >= 15 is 0 Å². The predicted molar refractivity (Wildman–Crippen MR) is 93.0 cm³/mol. The van der Waals surface area contributed by atoms with E-state index in [2.05, 4.69) is 5.10 Å². The Bertz CT molecular complexity index is 990. The van der Waals surface area contributed by atoms with Crippen molar-refractivity contribution in [3.63, 3.8) is 0 Å². The molecule has 0 spiro atoms. The van der Waals surface area contributed by atoms with Gasteiger partial charge in [-0.2, -0.15) is 5.10 Å². The van der Waals surface area contributed by atoms with Crippen LogP contribution in [-0.4, -0.2) is 15.6 Å². The number of aromatic nitrogens is 2. The zero-order valence-electron chi connectivity index (χ0n) is 13.5. The van der Waals surface area contributed by atoms with Gasteiger partial charge in [0.15, 0.2) is 5.78 Å². The number of carbonyl (C=O) groups excluding carboxylic acids is 1. The minimum absolute atomic E-state index is 0.187. The fraction of sp³-hybridized carbons (Fsp3) is 0.0526. The molecule has 0 fully saturated rings. The Labute approximate surface area is 152 Å². The van der Waals surface area contributed by atoms with E-state index in [4.69, 9.17) is 11.6 Å². The zero-order chi connectivity index (χ0) is 18.8. The van der Waals surface area contributed by atoms with Crippen LogP contribution in [0.2, 0.25) is 5.15 Å². The molecule has 3 nitrogen and oxygen atoms in total. The topological polar surface area (TPSA) is 34.9 Å². The van der Waals surface area contributed by atoms with Gasteiger partial charge >= 0.3 is 0 Å². The second kappa shape index (κ2) is 7.17. The highest BCUT2D eigenvalue weighted by molar-refractivity contribution is 6.31. The van der Waals surface area contributed by atoms with Crippen LogP contribution in [0.1, 0.15) is 21.6 Å². The molecule has 0 unspecified atom stereocenters. The van der Waals surface area contributed by atoms with Gasteiger partial charge in [-0.15, -0.1) is 0 Å². The zero-order valence-corrected chi connectivity index (χ0v) is 14.3. The summed E-state index contributed by atoms with van der Waals surface area (Å²) < 4.78 is 41.8. The number of aryl methyl sites for hydroxylation is 1. The lowest BCUT2D eigenvalue weighted by molar-refractivity contribution is 0.104. The number of hydrogen-bond donors (Lipinski definition) is 0. The summed E-state index contributed by atoms with van der Waals surface area (Å²) in [5.74, 6) is -3.11. The van der Waals surface area contributed by atoms with E-state index in [1.807, 2.05) is 0 Å². The van der Waals surface area contributed by atoms with Crippen molar-refractivity contribution < 1.29 is 18.0 Å². The molecule has 3 rings (SSSR count). The van der Waals surface area contributed by atoms with Crippen LogP contribution in [0.4, 0.5) is 13.2 Å². The first-order valence-corrected chi connectivity index (χ1v) is 7.93.